The van der Waals surface area contributed by atoms with E-state index < -0.39 is 9.84 Å². The van der Waals surface area contributed by atoms with E-state index in [1.807, 2.05) is 44.2 Å². The number of nitrogens with zero attached hydrogens (tertiary/aromatic N) is 2. The van der Waals surface area contributed by atoms with E-state index in [0.717, 1.165) is 11.3 Å². The number of imidazole rings is 1. The van der Waals surface area contributed by atoms with Gasteiger partial charge in [0.1, 0.15) is 0 Å². The van der Waals surface area contributed by atoms with Crippen LogP contribution in [0.15, 0.2) is 41.7 Å². The van der Waals surface area contributed by atoms with Gasteiger partial charge in [0.25, 0.3) is 0 Å². The molecule has 2 aromatic rings. The van der Waals surface area contributed by atoms with E-state index in [-0.39, 0.29) is 23.6 Å². The average molecular weight is 308 g/mol. The molecule has 1 heterocycles. The van der Waals surface area contributed by atoms with Crippen LogP contribution in [0.2, 0.25) is 0 Å². The lowest BCUT2D eigenvalue weighted by molar-refractivity contribution is 0.0912. The van der Waals surface area contributed by atoms with Gasteiger partial charge in [-0.15, -0.1) is 0 Å². The Morgan fingerprint density at radius 1 is 1.24 bits per heavy atom. The zero-order valence-electron chi connectivity index (χ0n) is 12.5. The summed E-state index contributed by atoms with van der Waals surface area (Å²) in [7, 11) is -1.73. The van der Waals surface area contributed by atoms with Crippen molar-refractivity contribution in [1.29, 1.82) is 0 Å². The van der Waals surface area contributed by atoms with Gasteiger partial charge in [0.15, 0.2) is 0 Å². The van der Waals surface area contributed by atoms with E-state index in [9.17, 15) is 8.42 Å². The number of sulfone groups is 1. The Morgan fingerprint density at radius 2 is 1.90 bits per heavy atom. The summed E-state index contributed by atoms with van der Waals surface area (Å²) in [4.78, 5) is 4.08. The fraction of sp³-hybridized carbons (Fsp3) is 0.400. The van der Waals surface area contributed by atoms with Gasteiger partial charge in [0.2, 0.25) is 15.0 Å². The second kappa shape index (κ2) is 6.41. The first-order chi connectivity index (χ1) is 9.92. The van der Waals surface area contributed by atoms with E-state index in [4.69, 9.17) is 4.74 Å². The molecule has 0 fully saturated rings. The largest absolute Gasteiger partial charge is 0.378 e. The molecule has 0 aliphatic heterocycles. The zero-order valence-corrected chi connectivity index (χ0v) is 13.3. The Labute approximate surface area is 125 Å². The molecule has 1 aromatic heterocycles. The summed E-state index contributed by atoms with van der Waals surface area (Å²) < 4.78 is 31.6. The highest BCUT2D eigenvalue weighted by molar-refractivity contribution is 7.91. The summed E-state index contributed by atoms with van der Waals surface area (Å²) in [6.07, 6.45) is 1.60. The number of hydrogen-bond donors (Lipinski definition) is 0. The monoisotopic (exact) mass is 308 g/mol. The summed E-state index contributed by atoms with van der Waals surface area (Å²) >= 11 is 0. The third-order valence-electron chi connectivity index (χ3n) is 3.10. The van der Waals surface area contributed by atoms with Crippen LogP contribution in [0.5, 0.6) is 0 Å². The van der Waals surface area contributed by atoms with Crippen LogP contribution in [0.4, 0.5) is 0 Å². The fourth-order valence-corrected chi connectivity index (χ4v) is 3.27. The van der Waals surface area contributed by atoms with Crippen molar-refractivity contribution in [3.05, 3.63) is 36.5 Å². The SMILES string of the molecule is CC(C)OCCS(=O)(=O)c1ncc(-c2ccccc2)n1C. The topological polar surface area (TPSA) is 61.2 Å². The number of ether oxygens (including phenoxy) is 1. The second-order valence-corrected chi connectivity index (χ2v) is 7.09. The Morgan fingerprint density at radius 3 is 2.52 bits per heavy atom. The van der Waals surface area contributed by atoms with Gasteiger partial charge in [-0.25, -0.2) is 13.4 Å². The zero-order chi connectivity index (χ0) is 15.5. The molecule has 0 atom stereocenters. The molecule has 0 spiro atoms. The first kappa shape index (κ1) is 15.7. The van der Waals surface area contributed by atoms with Crippen LogP contribution in [-0.4, -0.2) is 36.4 Å². The van der Waals surface area contributed by atoms with Crippen molar-refractivity contribution in [2.45, 2.75) is 25.1 Å². The van der Waals surface area contributed by atoms with Gasteiger partial charge in [-0.1, -0.05) is 30.3 Å². The van der Waals surface area contributed by atoms with Gasteiger partial charge in [0.05, 0.1) is 30.4 Å². The Balaban J connectivity index is 2.24. The molecule has 0 N–H and O–H groups in total. The van der Waals surface area contributed by atoms with E-state index >= 15 is 0 Å². The Hall–Kier alpha value is -1.66. The summed E-state index contributed by atoms with van der Waals surface area (Å²) in [5.74, 6) is -0.0652. The van der Waals surface area contributed by atoms with Crippen LogP contribution in [0.3, 0.4) is 0 Å². The molecule has 0 radical (unpaired) electrons. The number of aromatic nitrogens is 2. The summed E-state index contributed by atoms with van der Waals surface area (Å²) in [6.45, 7) is 3.93. The molecule has 0 unspecified atom stereocenters. The van der Waals surface area contributed by atoms with Gasteiger partial charge in [-0.2, -0.15) is 0 Å². The van der Waals surface area contributed by atoms with Gasteiger partial charge in [0, 0.05) is 7.05 Å². The van der Waals surface area contributed by atoms with Crippen LogP contribution in [-0.2, 0) is 21.6 Å². The fourth-order valence-electron chi connectivity index (χ4n) is 2.04. The second-order valence-electron chi connectivity index (χ2n) is 5.09. The van der Waals surface area contributed by atoms with E-state index in [0.29, 0.717) is 0 Å². The smallest absolute Gasteiger partial charge is 0.227 e. The molecule has 0 aliphatic rings. The summed E-state index contributed by atoms with van der Waals surface area (Å²) in [5, 5.41) is 0.0775. The maximum Gasteiger partial charge on any atom is 0.227 e. The molecule has 6 heteroatoms. The van der Waals surface area contributed by atoms with Crippen LogP contribution >= 0.6 is 0 Å². The van der Waals surface area contributed by atoms with Crippen molar-refractivity contribution in [3.8, 4) is 11.3 Å². The predicted octanol–water partition coefficient (Wildman–Crippen LogP) is 2.29. The maximum atomic E-state index is 12.3. The molecule has 5 nitrogen and oxygen atoms in total. The van der Waals surface area contributed by atoms with E-state index in [1.54, 1.807) is 17.8 Å². The number of rotatable bonds is 6. The lowest BCUT2D eigenvalue weighted by Gasteiger charge is -2.09. The van der Waals surface area contributed by atoms with Gasteiger partial charge >= 0.3 is 0 Å². The van der Waals surface area contributed by atoms with Crippen molar-refractivity contribution in [2.75, 3.05) is 12.4 Å². The highest BCUT2D eigenvalue weighted by Crippen LogP contribution is 2.21. The van der Waals surface area contributed by atoms with Crippen LogP contribution in [0.1, 0.15) is 13.8 Å². The molecule has 1 aromatic carbocycles. The molecule has 21 heavy (non-hydrogen) atoms. The van der Waals surface area contributed by atoms with Crippen molar-refractivity contribution in [2.24, 2.45) is 7.05 Å². The summed E-state index contributed by atoms with van der Waals surface area (Å²) in [5.41, 5.74) is 1.71. The van der Waals surface area contributed by atoms with Crippen LogP contribution in [0.25, 0.3) is 11.3 Å². The molecule has 114 valence electrons. The highest BCUT2D eigenvalue weighted by atomic mass is 32.2. The lowest BCUT2D eigenvalue weighted by Crippen LogP contribution is -2.18. The molecule has 0 amide bonds. The number of benzene rings is 1. The molecule has 0 saturated carbocycles. The van der Waals surface area contributed by atoms with E-state index in [2.05, 4.69) is 4.98 Å². The minimum Gasteiger partial charge on any atom is -0.378 e. The molecular weight excluding hydrogens is 288 g/mol. The predicted molar refractivity (Wildman–Crippen MR) is 81.8 cm³/mol. The first-order valence-corrected chi connectivity index (χ1v) is 8.48. The molecule has 2 rings (SSSR count). The van der Waals surface area contributed by atoms with Crippen molar-refractivity contribution in [1.82, 2.24) is 9.55 Å². The molecule has 0 bridgehead atoms. The van der Waals surface area contributed by atoms with Gasteiger partial charge < -0.3 is 9.30 Å². The van der Waals surface area contributed by atoms with Crippen molar-refractivity contribution in [3.63, 3.8) is 0 Å². The lowest BCUT2D eigenvalue weighted by atomic mass is 10.2. The van der Waals surface area contributed by atoms with E-state index in [1.165, 1.54) is 0 Å². The first-order valence-electron chi connectivity index (χ1n) is 6.83. The number of hydrogen-bond acceptors (Lipinski definition) is 4. The average Bonchev–Trinajstić information content (AvgIpc) is 2.81. The Bertz CT molecular complexity index is 691. The minimum atomic E-state index is -3.45. The van der Waals surface area contributed by atoms with Crippen molar-refractivity contribution >= 4 is 9.84 Å². The maximum absolute atomic E-state index is 12.3. The van der Waals surface area contributed by atoms with Crippen LogP contribution in [0, 0.1) is 0 Å². The highest BCUT2D eigenvalue weighted by Gasteiger charge is 2.22. The standard InChI is InChI=1S/C15H20N2O3S/c1-12(2)20-9-10-21(18,19)15-16-11-14(17(15)3)13-7-5-4-6-8-13/h4-8,11-12H,9-10H2,1-3H3. The van der Waals surface area contributed by atoms with Crippen LogP contribution < -0.4 is 0 Å². The third-order valence-corrected chi connectivity index (χ3v) is 4.74. The molecule has 0 aliphatic carbocycles. The third kappa shape index (κ3) is 3.71. The van der Waals surface area contributed by atoms with Gasteiger partial charge in [-0.3, -0.25) is 0 Å². The van der Waals surface area contributed by atoms with Gasteiger partial charge in [-0.05, 0) is 19.4 Å². The molecular formula is C15H20N2O3S. The quantitative estimate of drug-likeness (QED) is 0.821. The van der Waals surface area contributed by atoms with Crippen molar-refractivity contribution < 1.29 is 13.2 Å². The molecule has 0 saturated heterocycles. The summed E-state index contributed by atoms with van der Waals surface area (Å²) in [6, 6.07) is 9.59. The Kier molecular flexibility index (Phi) is 4.80. The minimum absolute atomic E-state index is 0.0152. The normalized spacial score (nSPS) is 12.0.